The van der Waals surface area contributed by atoms with Gasteiger partial charge in [-0.2, -0.15) is 0 Å². The lowest BCUT2D eigenvalue weighted by molar-refractivity contribution is -0.130. The summed E-state index contributed by atoms with van der Waals surface area (Å²) in [4.78, 5) is 19.2. The predicted molar refractivity (Wildman–Crippen MR) is 145 cm³/mol. The van der Waals surface area contributed by atoms with Crippen LogP contribution in [0, 0.1) is 40.4 Å². The lowest BCUT2D eigenvalue weighted by Crippen LogP contribution is -2.50. The minimum absolute atomic E-state index is 0.122. The normalized spacial score (nSPS) is 38.4. The Bertz CT molecular complexity index is 960. The van der Waals surface area contributed by atoms with Crippen molar-refractivity contribution in [1.82, 2.24) is 9.88 Å². The van der Waals surface area contributed by atoms with E-state index in [0.29, 0.717) is 23.2 Å². The maximum atomic E-state index is 12.9. The van der Waals surface area contributed by atoms with Crippen LogP contribution in [0.5, 0.6) is 0 Å². The molecule has 0 radical (unpaired) electrons. The van der Waals surface area contributed by atoms with Gasteiger partial charge in [-0.3, -0.25) is 9.78 Å². The van der Waals surface area contributed by atoms with Crippen molar-refractivity contribution in [2.45, 2.75) is 97.5 Å². The lowest BCUT2D eigenvalue weighted by Gasteiger charge is -2.58. The van der Waals surface area contributed by atoms with Crippen LogP contribution in [0.4, 0.5) is 0 Å². The molecule has 1 aromatic heterocycles. The van der Waals surface area contributed by atoms with Crippen molar-refractivity contribution in [1.29, 1.82) is 0 Å². The number of carbonyl (C=O) groups excluding carboxylic acids is 1. The van der Waals surface area contributed by atoms with Crippen molar-refractivity contribution in [2.24, 2.45) is 40.4 Å². The number of hydrogen-bond acceptors (Lipinski definition) is 3. The van der Waals surface area contributed by atoms with E-state index < -0.39 is 0 Å². The fourth-order valence-electron chi connectivity index (χ4n) is 9.31. The molecule has 5 rings (SSSR count). The number of aliphatic hydroxyl groups is 1. The third-order valence-corrected chi connectivity index (χ3v) is 11.5. The zero-order valence-electron chi connectivity index (χ0n) is 23.1. The number of fused-ring (bicyclic) bond motifs is 5. The Balaban J connectivity index is 1.18. The third-order valence-electron chi connectivity index (χ3n) is 11.5. The molecule has 4 aliphatic carbocycles. The lowest BCUT2D eigenvalue weighted by atomic mass is 9.47. The van der Waals surface area contributed by atoms with E-state index in [0.717, 1.165) is 61.6 Å². The molecule has 0 unspecified atom stereocenters. The van der Waals surface area contributed by atoms with Gasteiger partial charge in [-0.1, -0.05) is 38.5 Å². The van der Waals surface area contributed by atoms with Gasteiger partial charge in [0.25, 0.3) is 0 Å². The van der Waals surface area contributed by atoms with E-state index >= 15 is 0 Å². The average molecular weight is 493 g/mol. The highest BCUT2D eigenvalue weighted by atomic mass is 16.3. The second-order valence-electron chi connectivity index (χ2n) is 13.3. The number of amides is 1. The van der Waals surface area contributed by atoms with Gasteiger partial charge in [-0.15, -0.1) is 0 Å². The number of pyridine rings is 1. The van der Waals surface area contributed by atoms with Gasteiger partial charge in [0, 0.05) is 38.3 Å². The van der Waals surface area contributed by atoms with E-state index in [-0.39, 0.29) is 12.0 Å². The van der Waals surface area contributed by atoms with E-state index in [1.165, 1.54) is 38.5 Å². The molecular formula is C32H48N2O2. The number of hydrogen-bond donors (Lipinski definition) is 1. The van der Waals surface area contributed by atoms with Crippen LogP contribution < -0.4 is 0 Å². The summed E-state index contributed by atoms with van der Waals surface area (Å²) in [7, 11) is 1.94. The van der Waals surface area contributed by atoms with Crippen molar-refractivity contribution in [2.75, 3.05) is 13.6 Å². The summed E-state index contributed by atoms with van der Waals surface area (Å²) < 4.78 is 0. The topological polar surface area (TPSA) is 53.4 Å². The summed E-state index contributed by atoms with van der Waals surface area (Å²) in [6, 6.07) is 5.98. The van der Waals surface area contributed by atoms with Crippen LogP contribution in [-0.4, -0.2) is 40.6 Å². The van der Waals surface area contributed by atoms with Crippen LogP contribution in [-0.2, 0) is 11.2 Å². The predicted octanol–water partition coefficient (Wildman–Crippen LogP) is 6.44. The molecule has 0 aromatic carbocycles. The molecule has 0 bridgehead atoms. The van der Waals surface area contributed by atoms with E-state index in [2.05, 4.69) is 31.8 Å². The SMILES string of the molecule is C[C@H](CCC(=O)N(C)CCc1ccccn1)[C@H]1CC[C@H]2[C@@H]3CC=C4C[C@@H](O)CC[C@]4(C)[C@H]3CC[C@]12C. The Kier molecular flexibility index (Phi) is 7.38. The van der Waals surface area contributed by atoms with Gasteiger partial charge in [0.1, 0.15) is 0 Å². The zero-order chi connectivity index (χ0) is 25.5. The number of rotatable bonds is 7. The van der Waals surface area contributed by atoms with Crippen LogP contribution in [0.15, 0.2) is 36.0 Å². The summed E-state index contributed by atoms with van der Waals surface area (Å²) in [6.45, 7) is 8.29. The Morgan fingerprint density at radius 3 is 2.78 bits per heavy atom. The fourth-order valence-corrected chi connectivity index (χ4v) is 9.31. The highest BCUT2D eigenvalue weighted by Gasteiger charge is 2.59. The summed E-state index contributed by atoms with van der Waals surface area (Å²) in [6.07, 6.45) is 16.4. The molecule has 36 heavy (non-hydrogen) atoms. The molecule has 8 atom stereocenters. The molecule has 1 amide bonds. The zero-order valence-corrected chi connectivity index (χ0v) is 23.1. The number of allylic oxidation sites excluding steroid dienone is 1. The van der Waals surface area contributed by atoms with Gasteiger partial charge < -0.3 is 10.0 Å². The fraction of sp³-hybridized carbons (Fsp3) is 0.750. The van der Waals surface area contributed by atoms with Crippen molar-refractivity contribution >= 4 is 5.91 Å². The molecule has 4 heteroatoms. The molecule has 198 valence electrons. The first-order valence-corrected chi connectivity index (χ1v) is 14.7. The highest BCUT2D eigenvalue weighted by Crippen LogP contribution is 2.67. The van der Waals surface area contributed by atoms with E-state index in [9.17, 15) is 9.90 Å². The van der Waals surface area contributed by atoms with Crippen LogP contribution in [0.3, 0.4) is 0 Å². The van der Waals surface area contributed by atoms with Crippen molar-refractivity contribution in [3.8, 4) is 0 Å². The van der Waals surface area contributed by atoms with Crippen LogP contribution in [0.25, 0.3) is 0 Å². The second-order valence-corrected chi connectivity index (χ2v) is 13.3. The first kappa shape index (κ1) is 25.9. The number of carbonyl (C=O) groups is 1. The largest absolute Gasteiger partial charge is 0.393 e. The van der Waals surface area contributed by atoms with Crippen LogP contribution >= 0.6 is 0 Å². The molecule has 0 saturated heterocycles. The van der Waals surface area contributed by atoms with Gasteiger partial charge in [0.2, 0.25) is 5.91 Å². The molecule has 0 aliphatic heterocycles. The van der Waals surface area contributed by atoms with Gasteiger partial charge in [0.15, 0.2) is 0 Å². The molecule has 0 spiro atoms. The van der Waals surface area contributed by atoms with Crippen LogP contribution in [0.1, 0.15) is 90.7 Å². The highest BCUT2D eigenvalue weighted by molar-refractivity contribution is 5.75. The Hall–Kier alpha value is -1.68. The molecular weight excluding hydrogens is 444 g/mol. The average Bonchev–Trinajstić information content (AvgIpc) is 3.24. The number of likely N-dealkylation sites (N-methyl/N-ethyl adjacent to an activating group) is 1. The van der Waals surface area contributed by atoms with E-state index in [4.69, 9.17) is 0 Å². The molecule has 1 aromatic rings. The quantitative estimate of drug-likeness (QED) is 0.446. The maximum Gasteiger partial charge on any atom is 0.222 e. The number of aliphatic hydroxyl groups excluding tert-OH is 1. The minimum Gasteiger partial charge on any atom is -0.393 e. The number of aromatic nitrogens is 1. The second kappa shape index (κ2) is 10.2. The van der Waals surface area contributed by atoms with Crippen molar-refractivity contribution in [3.63, 3.8) is 0 Å². The summed E-state index contributed by atoms with van der Waals surface area (Å²) in [5.74, 6) is 4.04. The third kappa shape index (κ3) is 4.68. The standard InChI is InChI=1S/C32H48N2O2/c1-22(8-13-30(36)34(4)20-16-24-7-5-6-19-33-24)27-11-12-28-26-10-9-23-21-25(35)14-17-31(23,2)29(26)15-18-32(27,28)3/h5-7,9,19,22,25-29,35H,8,10-18,20-21H2,1-4H3/t22-,25+,26+,27-,28+,29+,31+,32-/m1/s1. The van der Waals surface area contributed by atoms with E-state index in [1.807, 2.05) is 36.3 Å². The Morgan fingerprint density at radius 2 is 2.00 bits per heavy atom. The minimum atomic E-state index is -0.122. The van der Waals surface area contributed by atoms with Crippen molar-refractivity contribution in [3.05, 3.63) is 41.7 Å². The summed E-state index contributed by atoms with van der Waals surface area (Å²) in [5.41, 5.74) is 3.36. The first-order valence-electron chi connectivity index (χ1n) is 14.7. The smallest absolute Gasteiger partial charge is 0.222 e. The first-order chi connectivity index (χ1) is 17.2. The van der Waals surface area contributed by atoms with Crippen LogP contribution in [0.2, 0.25) is 0 Å². The molecule has 3 saturated carbocycles. The summed E-state index contributed by atoms with van der Waals surface area (Å²) >= 11 is 0. The molecule has 4 aliphatic rings. The maximum absolute atomic E-state index is 12.9. The Morgan fingerprint density at radius 1 is 1.17 bits per heavy atom. The van der Waals surface area contributed by atoms with Gasteiger partial charge in [-0.05, 0) is 110 Å². The van der Waals surface area contributed by atoms with E-state index in [1.54, 1.807) is 5.57 Å². The monoisotopic (exact) mass is 492 g/mol. The van der Waals surface area contributed by atoms with Gasteiger partial charge in [-0.25, -0.2) is 0 Å². The molecule has 4 nitrogen and oxygen atoms in total. The molecule has 3 fully saturated rings. The van der Waals surface area contributed by atoms with Gasteiger partial charge >= 0.3 is 0 Å². The van der Waals surface area contributed by atoms with Gasteiger partial charge in [0.05, 0.1) is 6.10 Å². The summed E-state index contributed by atoms with van der Waals surface area (Å²) in [5, 5.41) is 10.3. The number of nitrogens with zero attached hydrogens (tertiary/aromatic N) is 2. The molecule has 1 heterocycles. The molecule has 1 N–H and O–H groups in total. The Labute approximate surface area is 219 Å². The van der Waals surface area contributed by atoms with Crippen molar-refractivity contribution < 1.29 is 9.90 Å².